The van der Waals surface area contributed by atoms with Crippen molar-refractivity contribution in [3.63, 3.8) is 0 Å². The number of carboxylic acids is 1. The highest BCUT2D eigenvalue weighted by molar-refractivity contribution is 7.98. The molecule has 0 aliphatic heterocycles. The van der Waals surface area contributed by atoms with Crippen LogP contribution in [0.3, 0.4) is 0 Å². The maximum atomic E-state index is 11.8. The zero-order valence-corrected chi connectivity index (χ0v) is 12.2. The van der Waals surface area contributed by atoms with Gasteiger partial charge in [-0.15, -0.1) is 0 Å². The van der Waals surface area contributed by atoms with Gasteiger partial charge in [0.1, 0.15) is 12.6 Å². The lowest BCUT2D eigenvalue weighted by Gasteiger charge is -2.17. The molecule has 7 nitrogen and oxygen atoms in total. The van der Waals surface area contributed by atoms with E-state index in [1.807, 2.05) is 6.26 Å². The van der Waals surface area contributed by atoms with Crippen LogP contribution in [0.5, 0.6) is 0 Å². The molecule has 0 saturated carbocycles. The summed E-state index contributed by atoms with van der Waals surface area (Å²) in [5.74, 6) is -0.737. The van der Waals surface area contributed by atoms with Gasteiger partial charge in [0.25, 0.3) is 0 Å². The minimum absolute atomic E-state index is 0.0212. The fourth-order valence-electron chi connectivity index (χ4n) is 1.24. The Morgan fingerprint density at radius 1 is 1.45 bits per heavy atom. The number of carbonyl (C=O) groups is 3. The van der Waals surface area contributed by atoms with Crippen molar-refractivity contribution in [1.82, 2.24) is 10.6 Å². The second-order valence-electron chi connectivity index (χ2n) is 3.80. The monoisotopic (exact) mass is 304 g/mol. The van der Waals surface area contributed by atoms with Crippen LogP contribution in [0.15, 0.2) is 12.7 Å². The van der Waals surface area contributed by atoms with E-state index < -0.39 is 24.0 Å². The molecule has 0 aliphatic rings. The van der Waals surface area contributed by atoms with Crippen LogP contribution in [0.4, 0.5) is 4.79 Å². The van der Waals surface area contributed by atoms with E-state index in [4.69, 9.17) is 9.84 Å². The van der Waals surface area contributed by atoms with Crippen molar-refractivity contribution >= 4 is 29.7 Å². The van der Waals surface area contributed by atoms with Gasteiger partial charge in [-0.05, 0) is 18.4 Å². The molecule has 3 N–H and O–H groups in total. The van der Waals surface area contributed by atoms with Gasteiger partial charge in [0.15, 0.2) is 0 Å². The molecule has 8 heteroatoms. The summed E-state index contributed by atoms with van der Waals surface area (Å²) in [6, 6.07) is -0.742. The molecule has 0 aromatic rings. The fraction of sp³-hybridized carbons (Fsp3) is 0.583. The smallest absolute Gasteiger partial charge is 0.408 e. The standard InChI is InChI=1S/C12H20N2O5S/c1-3-7-19-12(18)14-9(5-8-20-2)11(17)13-6-4-10(15)16/h3,9H,1,4-8H2,2H3,(H,13,17)(H,14,18)(H,15,16)/t9-/m0/s1. The molecular formula is C12H20N2O5S. The number of hydrogen-bond donors (Lipinski definition) is 3. The average molecular weight is 304 g/mol. The second-order valence-corrected chi connectivity index (χ2v) is 4.79. The van der Waals surface area contributed by atoms with Crippen LogP contribution in [-0.4, -0.2) is 54.3 Å². The number of carbonyl (C=O) groups excluding carboxylic acids is 2. The number of nitrogens with one attached hydrogen (secondary N) is 2. The Balaban J connectivity index is 4.29. The van der Waals surface area contributed by atoms with Gasteiger partial charge in [-0.1, -0.05) is 12.7 Å². The predicted molar refractivity (Wildman–Crippen MR) is 76.7 cm³/mol. The highest BCUT2D eigenvalue weighted by atomic mass is 32.2. The van der Waals surface area contributed by atoms with Crippen molar-refractivity contribution in [2.75, 3.05) is 25.2 Å². The molecule has 0 fully saturated rings. The maximum Gasteiger partial charge on any atom is 0.408 e. The van der Waals surface area contributed by atoms with Gasteiger partial charge >= 0.3 is 12.1 Å². The first-order valence-corrected chi connectivity index (χ1v) is 7.43. The molecule has 0 rings (SSSR count). The van der Waals surface area contributed by atoms with Crippen LogP contribution in [0.1, 0.15) is 12.8 Å². The lowest BCUT2D eigenvalue weighted by molar-refractivity contribution is -0.137. The van der Waals surface area contributed by atoms with E-state index in [0.717, 1.165) is 0 Å². The third kappa shape index (κ3) is 9.26. The third-order valence-electron chi connectivity index (χ3n) is 2.19. The van der Waals surface area contributed by atoms with Gasteiger partial charge in [0.2, 0.25) is 5.91 Å². The van der Waals surface area contributed by atoms with Crippen LogP contribution >= 0.6 is 11.8 Å². The van der Waals surface area contributed by atoms with E-state index in [-0.39, 0.29) is 19.6 Å². The molecule has 0 radical (unpaired) electrons. The lowest BCUT2D eigenvalue weighted by atomic mass is 10.2. The first-order chi connectivity index (χ1) is 9.51. The number of amides is 2. The van der Waals surface area contributed by atoms with Gasteiger partial charge in [-0.2, -0.15) is 11.8 Å². The number of rotatable bonds is 10. The molecule has 1 atom stereocenters. The zero-order chi connectivity index (χ0) is 15.4. The normalized spacial score (nSPS) is 11.2. The molecule has 0 aromatic carbocycles. The predicted octanol–water partition coefficient (Wildman–Crippen LogP) is 0.611. The molecule has 20 heavy (non-hydrogen) atoms. The fourth-order valence-corrected chi connectivity index (χ4v) is 1.71. The molecule has 0 aliphatic carbocycles. The van der Waals surface area contributed by atoms with Crippen LogP contribution in [0.25, 0.3) is 0 Å². The number of alkyl carbamates (subject to hydrolysis) is 1. The average Bonchev–Trinajstić information content (AvgIpc) is 2.40. The number of carboxylic acid groups (broad SMARTS) is 1. The molecule has 0 saturated heterocycles. The second kappa shape index (κ2) is 11.2. The Hall–Kier alpha value is -1.70. The van der Waals surface area contributed by atoms with E-state index in [1.54, 1.807) is 0 Å². The SMILES string of the molecule is C=CCOC(=O)N[C@@H](CCSC)C(=O)NCCC(=O)O. The Morgan fingerprint density at radius 3 is 2.70 bits per heavy atom. The van der Waals surface area contributed by atoms with Gasteiger partial charge in [-0.3, -0.25) is 9.59 Å². The van der Waals surface area contributed by atoms with Gasteiger partial charge in [0, 0.05) is 6.54 Å². The van der Waals surface area contributed by atoms with E-state index in [1.165, 1.54) is 17.8 Å². The van der Waals surface area contributed by atoms with Crippen molar-refractivity contribution in [2.45, 2.75) is 18.9 Å². The molecule has 114 valence electrons. The summed E-state index contributed by atoms with van der Waals surface area (Å²) in [4.78, 5) is 33.6. The first kappa shape index (κ1) is 18.3. The molecule has 0 bridgehead atoms. The number of hydrogen-bond acceptors (Lipinski definition) is 5. The largest absolute Gasteiger partial charge is 0.481 e. The van der Waals surface area contributed by atoms with Crippen LogP contribution in [0, 0.1) is 0 Å². The number of ether oxygens (including phenoxy) is 1. The van der Waals surface area contributed by atoms with Gasteiger partial charge < -0.3 is 20.5 Å². The maximum absolute atomic E-state index is 11.8. The summed E-state index contributed by atoms with van der Waals surface area (Å²) >= 11 is 1.54. The van der Waals surface area contributed by atoms with Crippen LogP contribution in [-0.2, 0) is 14.3 Å². The summed E-state index contributed by atoms with van der Waals surface area (Å²) in [6.45, 7) is 3.49. The topological polar surface area (TPSA) is 105 Å². The van der Waals surface area contributed by atoms with Crippen molar-refractivity contribution in [2.24, 2.45) is 0 Å². The zero-order valence-electron chi connectivity index (χ0n) is 11.4. The third-order valence-corrected chi connectivity index (χ3v) is 2.83. The van der Waals surface area contributed by atoms with Crippen LogP contribution in [0.2, 0.25) is 0 Å². The highest BCUT2D eigenvalue weighted by Crippen LogP contribution is 2.01. The summed E-state index contributed by atoms with van der Waals surface area (Å²) in [5.41, 5.74) is 0. The lowest BCUT2D eigenvalue weighted by Crippen LogP contribution is -2.47. The molecule has 0 aromatic heterocycles. The summed E-state index contributed by atoms with van der Waals surface area (Å²) in [7, 11) is 0. The highest BCUT2D eigenvalue weighted by Gasteiger charge is 2.20. The first-order valence-electron chi connectivity index (χ1n) is 6.03. The van der Waals surface area contributed by atoms with Crippen molar-refractivity contribution in [3.8, 4) is 0 Å². The van der Waals surface area contributed by atoms with Crippen molar-refractivity contribution in [1.29, 1.82) is 0 Å². The van der Waals surface area contributed by atoms with E-state index >= 15 is 0 Å². The summed E-state index contributed by atoms with van der Waals surface area (Å²) < 4.78 is 4.75. The van der Waals surface area contributed by atoms with E-state index in [2.05, 4.69) is 17.2 Å². The summed E-state index contributed by atoms with van der Waals surface area (Å²) in [6.07, 6.45) is 2.87. The molecule has 0 unspecified atom stereocenters. The molecular weight excluding hydrogens is 284 g/mol. The summed E-state index contributed by atoms with van der Waals surface area (Å²) in [5, 5.41) is 13.4. The van der Waals surface area contributed by atoms with Crippen LogP contribution < -0.4 is 10.6 Å². The van der Waals surface area contributed by atoms with Crippen molar-refractivity contribution < 1.29 is 24.2 Å². The van der Waals surface area contributed by atoms with E-state index in [0.29, 0.717) is 12.2 Å². The molecule has 2 amide bonds. The Bertz CT molecular complexity index is 349. The Morgan fingerprint density at radius 2 is 2.15 bits per heavy atom. The molecule has 0 heterocycles. The molecule has 0 spiro atoms. The van der Waals surface area contributed by atoms with E-state index in [9.17, 15) is 14.4 Å². The van der Waals surface area contributed by atoms with Gasteiger partial charge in [0.05, 0.1) is 6.42 Å². The minimum Gasteiger partial charge on any atom is -0.481 e. The Labute approximate surface area is 122 Å². The Kier molecular flexibility index (Phi) is 10.2. The quantitative estimate of drug-likeness (QED) is 0.511. The minimum atomic E-state index is -0.996. The van der Waals surface area contributed by atoms with Crippen molar-refractivity contribution in [3.05, 3.63) is 12.7 Å². The number of aliphatic carboxylic acids is 1. The number of thioether (sulfide) groups is 1. The van der Waals surface area contributed by atoms with Gasteiger partial charge in [-0.25, -0.2) is 4.79 Å².